The standard InChI is InChI=1S/C21H32GeN/c1-15-10-11-17(21(3,4)5)13-18(15)20-12-16(2)19(14-23(20)9)22(6,7)8/h10-14H,1-9H3/q+1. The average Bonchev–Trinajstić information content (AvgIpc) is 2.39. The molecule has 1 aromatic carbocycles. The molecule has 1 aromatic heterocycles. The first kappa shape index (κ1) is 18.3. The molecule has 2 rings (SSSR count). The maximum atomic E-state index is 2.47. The number of hydrogen-bond donors (Lipinski definition) is 0. The second kappa shape index (κ2) is 6.09. The molecule has 0 aliphatic carbocycles. The van der Waals surface area contributed by atoms with E-state index < -0.39 is 13.3 Å². The summed E-state index contributed by atoms with van der Waals surface area (Å²) in [5, 5.41) is 0. The van der Waals surface area contributed by atoms with Crippen LogP contribution >= 0.6 is 0 Å². The number of aryl methyl sites for hydroxylation is 3. The molecule has 1 nitrogen and oxygen atoms in total. The van der Waals surface area contributed by atoms with Gasteiger partial charge in [0.15, 0.2) is 0 Å². The molecule has 1 heterocycles. The predicted molar refractivity (Wildman–Crippen MR) is 104 cm³/mol. The van der Waals surface area contributed by atoms with Crippen molar-refractivity contribution in [1.82, 2.24) is 0 Å². The number of nitrogens with zero attached hydrogens (tertiary/aromatic N) is 1. The first-order valence-electron chi connectivity index (χ1n) is 8.53. The normalized spacial score (nSPS) is 12.6. The minimum atomic E-state index is -1.83. The van der Waals surface area contributed by atoms with Crippen molar-refractivity contribution in [2.24, 2.45) is 7.05 Å². The van der Waals surface area contributed by atoms with Crippen molar-refractivity contribution in [3.63, 3.8) is 0 Å². The van der Waals surface area contributed by atoms with E-state index in [9.17, 15) is 0 Å². The fraction of sp³-hybridized carbons (Fsp3) is 0.476. The van der Waals surface area contributed by atoms with Gasteiger partial charge in [0.25, 0.3) is 0 Å². The Morgan fingerprint density at radius 2 is 1.52 bits per heavy atom. The summed E-state index contributed by atoms with van der Waals surface area (Å²) in [6, 6.07) is 9.30. The van der Waals surface area contributed by atoms with Crippen LogP contribution < -0.4 is 8.96 Å². The molecule has 0 radical (unpaired) electrons. The second-order valence-corrected chi connectivity index (χ2v) is 19.5. The van der Waals surface area contributed by atoms with Gasteiger partial charge in [-0.05, 0) is 0 Å². The summed E-state index contributed by atoms with van der Waals surface area (Å²) in [5.74, 6) is 7.40. The fourth-order valence-corrected chi connectivity index (χ4v) is 7.02. The van der Waals surface area contributed by atoms with Gasteiger partial charge in [0, 0.05) is 0 Å². The van der Waals surface area contributed by atoms with Gasteiger partial charge in [-0.25, -0.2) is 0 Å². The molecule has 124 valence electrons. The van der Waals surface area contributed by atoms with Gasteiger partial charge in [0.05, 0.1) is 0 Å². The van der Waals surface area contributed by atoms with Gasteiger partial charge in [-0.1, -0.05) is 0 Å². The van der Waals surface area contributed by atoms with Crippen LogP contribution in [0.25, 0.3) is 11.3 Å². The van der Waals surface area contributed by atoms with Gasteiger partial charge in [-0.2, -0.15) is 0 Å². The van der Waals surface area contributed by atoms with Crippen LogP contribution in [0.5, 0.6) is 0 Å². The zero-order valence-electron chi connectivity index (χ0n) is 16.3. The van der Waals surface area contributed by atoms with Crippen LogP contribution in [0.3, 0.4) is 0 Å². The summed E-state index contributed by atoms with van der Waals surface area (Å²) in [5.41, 5.74) is 7.05. The molecule has 0 saturated carbocycles. The van der Waals surface area contributed by atoms with E-state index in [1.807, 2.05) is 0 Å². The number of benzene rings is 1. The molecule has 0 aliphatic heterocycles. The topological polar surface area (TPSA) is 3.88 Å². The van der Waals surface area contributed by atoms with Crippen LogP contribution in [-0.4, -0.2) is 13.3 Å². The Kier molecular flexibility index (Phi) is 4.83. The third-order valence-corrected chi connectivity index (χ3v) is 9.16. The third kappa shape index (κ3) is 3.88. The molecular weight excluding hydrogens is 339 g/mol. The Morgan fingerprint density at radius 1 is 0.913 bits per heavy atom. The molecule has 0 spiro atoms. The van der Waals surface area contributed by atoms with Crippen molar-refractivity contribution < 1.29 is 4.57 Å². The Labute approximate surface area is 145 Å². The van der Waals surface area contributed by atoms with Crippen LogP contribution in [0.4, 0.5) is 0 Å². The molecule has 0 fully saturated rings. The van der Waals surface area contributed by atoms with Crippen LogP contribution in [0.2, 0.25) is 17.3 Å². The molecule has 0 amide bonds. The molecule has 0 atom stereocenters. The van der Waals surface area contributed by atoms with Gasteiger partial charge in [-0.3, -0.25) is 0 Å². The molecular formula is C21H32GeN+. The van der Waals surface area contributed by atoms with Crippen LogP contribution in [-0.2, 0) is 12.5 Å². The molecule has 0 N–H and O–H groups in total. The van der Waals surface area contributed by atoms with E-state index in [1.54, 1.807) is 4.40 Å². The van der Waals surface area contributed by atoms with E-state index in [-0.39, 0.29) is 5.41 Å². The fourth-order valence-electron chi connectivity index (χ4n) is 3.17. The summed E-state index contributed by atoms with van der Waals surface area (Å²) in [6.45, 7) is 11.3. The Hall–Kier alpha value is -1.09. The van der Waals surface area contributed by atoms with Gasteiger partial charge < -0.3 is 0 Å². The number of pyridine rings is 1. The van der Waals surface area contributed by atoms with Crippen molar-refractivity contribution in [3.8, 4) is 11.3 Å². The molecule has 0 bridgehead atoms. The second-order valence-electron chi connectivity index (χ2n) is 8.90. The molecule has 0 unspecified atom stereocenters. The quantitative estimate of drug-likeness (QED) is 0.535. The number of aromatic nitrogens is 1. The van der Waals surface area contributed by atoms with E-state index in [0.29, 0.717) is 0 Å². The van der Waals surface area contributed by atoms with Crippen molar-refractivity contribution in [2.45, 2.75) is 57.3 Å². The summed E-state index contributed by atoms with van der Waals surface area (Å²) < 4.78 is 3.93. The van der Waals surface area contributed by atoms with Crippen LogP contribution in [0.15, 0.2) is 30.5 Å². The SMILES string of the molecule is Cc1ccc(C(C)(C)C)cc1-c1cc(C)[c]([Ge]([CH3])([CH3])[CH3])c[n+]1C. The minimum absolute atomic E-state index is 0.177. The first-order chi connectivity index (χ1) is 10.4. The van der Waals surface area contributed by atoms with Crippen LogP contribution in [0, 0.1) is 13.8 Å². The maximum absolute atomic E-state index is 2.47. The van der Waals surface area contributed by atoms with Crippen LogP contribution in [0.1, 0.15) is 37.5 Å². The average molecular weight is 371 g/mol. The van der Waals surface area contributed by atoms with E-state index in [2.05, 4.69) is 94.0 Å². The first-order valence-corrected chi connectivity index (χ1v) is 15.9. The van der Waals surface area contributed by atoms with E-state index >= 15 is 0 Å². The van der Waals surface area contributed by atoms with E-state index in [1.165, 1.54) is 27.9 Å². The monoisotopic (exact) mass is 372 g/mol. The number of hydrogen-bond acceptors (Lipinski definition) is 0. The Morgan fingerprint density at radius 3 is 2.04 bits per heavy atom. The molecule has 23 heavy (non-hydrogen) atoms. The Bertz CT molecular complexity index is 731. The summed E-state index contributed by atoms with van der Waals surface area (Å²) >= 11 is -1.83. The zero-order chi connectivity index (χ0) is 17.6. The molecule has 0 saturated heterocycles. The van der Waals surface area contributed by atoms with Gasteiger partial charge in [-0.15, -0.1) is 0 Å². The molecule has 2 aromatic rings. The Balaban J connectivity index is 2.66. The summed E-state index contributed by atoms with van der Waals surface area (Å²) in [7, 11) is 2.19. The van der Waals surface area contributed by atoms with Crippen molar-refractivity contribution in [2.75, 3.05) is 0 Å². The van der Waals surface area contributed by atoms with Crippen molar-refractivity contribution in [3.05, 3.63) is 47.2 Å². The molecule has 2 heteroatoms. The molecule has 0 aliphatic rings. The van der Waals surface area contributed by atoms with Crippen molar-refractivity contribution in [1.29, 1.82) is 0 Å². The van der Waals surface area contributed by atoms with Gasteiger partial charge in [0.2, 0.25) is 0 Å². The van der Waals surface area contributed by atoms with Crippen molar-refractivity contribution >= 4 is 17.7 Å². The summed E-state index contributed by atoms with van der Waals surface area (Å²) in [4.78, 5) is 0. The predicted octanol–water partition coefficient (Wildman–Crippen LogP) is 4.64. The third-order valence-electron chi connectivity index (χ3n) is 4.67. The van der Waals surface area contributed by atoms with E-state index in [4.69, 9.17) is 0 Å². The zero-order valence-corrected chi connectivity index (χ0v) is 18.4. The van der Waals surface area contributed by atoms with Gasteiger partial charge in [0.1, 0.15) is 0 Å². The van der Waals surface area contributed by atoms with E-state index in [0.717, 1.165) is 0 Å². The van der Waals surface area contributed by atoms with Gasteiger partial charge >= 0.3 is 145 Å². The summed E-state index contributed by atoms with van der Waals surface area (Å²) in [6.07, 6.45) is 2.38. The number of rotatable bonds is 2.